The molecule has 2 rings (SSSR count). The summed E-state index contributed by atoms with van der Waals surface area (Å²) in [5, 5.41) is 2.84. The Labute approximate surface area is 135 Å². The van der Waals surface area contributed by atoms with Gasteiger partial charge < -0.3 is 19.2 Å². The summed E-state index contributed by atoms with van der Waals surface area (Å²) >= 11 is 0. The first-order valence-electron chi connectivity index (χ1n) is 7.42. The zero-order valence-corrected chi connectivity index (χ0v) is 14.1. The highest BCUT2D eigenvalue weighted by Gasteiger charge is 2.18. The van der Waals surface area contributed by atoms with Crippen molar-refractivity contribution in [3.63, 3.8) is 0 Å². The van der Waals surface area contributed by atoms with Crippen LogP contribution in [0.2, 0.25) is 0 Å². The van der Waals surface area contributed by atoms with Crippen molar-refractivity contribution < 1.29 is 18.7 Å². The summed E-state index contributed by atoms with van der Waals surface area (Å²) in [7, 11) is 3.17. The van der Waals surface area contributed by atoms with Crippen LogP contribution in [0.3, 0.4) is 0 Å². The topological polar surface area (TPSA) is 73.6 Å². The first-order chi connectivity index (χ1) is 11.0. The van der Waals surface area contributed by atoms with Crippen LogP contribution < -0.4 is 14.8 Å². The summed E-state index contributed by atoms with van der Waals surface area (Å²) in [6, 6.07) is 5.45. The maximum atomic E-state index is 12.3. The molecular weight excluding hydrogens is 296 g/mol. The minimum atomic E-state index is -0.268. The predicted octanol–water partition coefficient (Wildman–Crippen LogP) is 3.05. The van der Waals surface area contributed by atoms with Crippen LogP contribution in [-0.2, 0) is 6.54 Å². The van der Waals surface area contributed by atoms with Crippen LogP contribution in [0.5, 0.6) is 11.5 Å². The van der Waals surface area contributed by atoms with Crippen LogP contribution in [-0.4, -0.2) is 25.1 Å². The Hall–Kier alpha value is -2.50. The van der Waals surface area contributed by atoms with Crippen molar-refractivity contribution in [2.45, 2.75) is 33.2 Å². The molecule has 0 atom stereocenters. The first-order valence-corrected chi connectivity index (χ1v) is 7.42. The van der Waals surface area contributed by atoms with Gasteiger partial charge in [-0.15, -0.1) is 0 Å². The molecule has 1 amide bonds. The molecule has 0 spiro atoms. The molecule has 124 valence electrons. The van der Waals surface area contributed by atoms with Gasteiger partial charge in [0.1, 0.15) is 17.3 Å². The van der Waals surface area contributed by atoms with Crippen molar-refractivity contribution in [2.24, 2.45) is 0 Å². The SMILES string of the molecule is COc1ccc(CNC(=O)c2nc(C(C)C)oc2C)c(OC)c1. The fourth-order valence-electron chi connectivity index (χ4n) is 2.13. The Balaban J connectivity index is 2.10. The van der Waals surface area contributed by atoms with E-state index in [1.807, 2.05) is 26.0 Å². The van der Waals surface area contributed by atoms with Gasteiger partial charge in [-0.2, -0.15) is 0 Å². The third-order valence-electron chi connectivity index (χ3n) is 3.46. The largest absolute Gasteiger partial charge is 0.497 e. The molecule has 6 nitrogen and oxygen atoms in total. The number of ether oxygens (including phenoxy) is 2. The summed E-state index contributed by atoms with van der Waals surface area (Å²) in [4.78, 5) is 16.6. The van der Waals surface area contributed by atoms with E-state index in [2.05, 4.69) is 10.3 Å². The van der Waals surface area contributed by atoms with Crippen molar-refractivity contribution in [3.8, 4) is 11.5 Å². The number of nitrogens with one attached hydrogen (secondary N) is 1. The summed E-state index contributed by atoms with van der Waals surface area (Å²) in [6.07, 6.45) is 0. The zero-order valence-electron chi connectivity index (χ0n) is 14.1. The lowest BCUT2D eigenvalue weighted by Gasteiger charge is -2.11. The molecule has 1 aromatic heterocycles. The van der Waals surface area contributed by atoms with Crippen LogP contribution in [0, 0.1) is 6.92 Å². The lowest BCUT2D eigenvalue weighted by Crippen LogP contribution is -2.24. The molecule has 0 saturated heterocycles. The van der Waals surface area contributed by atoms with Gasteiger partial charge in [-0.05, 0) is 19.1 Å². The van der Waals surface area contributed by atoms with Gasteiger partial charge in [0, 0.05) is 24.1 Å². The number of aryl methyl sites for hydroxylation is 1. The van der Waals surface area contributed by atoms with E-state index in [4.69, 9.17) is 13.9 Å². The number of carbonyl (C=O) groups is 1. The molecule has 0 unspecified atom stereocenters. The van der Waals surface area contributed by atoms with E-state index in [1.54, 1.807) is 27.2 Å². The molecule has 0 bridgehead atoms. The molecule has 0 aliphatic carbocycles. The second kappa shape index (κ2) is 7.17. The van der Waals surface area contributed by atoms with Crippen LogP contribution in [0.4, 0.5) is 0 Å². The number of benzene rings is 1. The van der Waals surface area contributed by atoms with Crippen molar-refractivity contribution in [1.82, 2.24) is 10.3 Å². The molecule has 0 fully saturated rings. The minimum Gasteiger partial charge on any atom is -0.497 e. The lowest BCUT2D eigenvalue weighted by molar-refractivity contribution is 0.0945. The summed E-state index contributed by atoms with van der Waals surface area (Å²) < 4.78 is 16.0. The fraction of sp³-hybridized carbons (Fsp3) is 0.412. The molecule has 2 aromatic rings. The molecule has 0 aliphatic heterocycles. The molecule has 0 radical (unpaired) electrons. The smallest absolute Gasteiger partial charge is 0.273 e. The van der Waals surface area contributed by atoms with Crippen molar-refractivity contribution >= 4 is 5.91 Å². The summed E-state index contributed by atoms with van der Waals surface area (Å²) in [5.74, 6) is 2.31. The van der Waals surface area contributed by atoms with E-state index < -0.39 is 0 Å². The van der Waals surface area contributed by atoms with E-state index in [1.165, 1.54) is 0 Å². The van der Waals surface area contributed by atoms with Crippen molar-refractivity contribution in [3.05, 3.63) is 41.1 Å². The van der Waals surface area contributed by atoms with Crippen molar-refractivity contribution in [2.75, 3.05) is 14.2 Å². The number of carbonyl (C=O) groups excluding carboxylic acids is 1. The number of oxazole rings is 1. The highest BCUT2D eigenvalue weighted by atomic mass is 16.5. The van der Waals surface area contributed by atoms with Gasteiger partial charge in [-0.25, -0.2) is 4.98 Å². The maximum absolute atomic E-state index is 12.3. The van der Waals surface area contributed by atoms with E-state index in [-0.39, 0.29) is 11.8 Å². The molecule has 23 heavy (non-hydrogen) atoms. The number of rotatable bonds is 6. The molecule has 6 heteroatoms. The Morgan fingerprint density at radius 1 is 1.30 bits per heavy atom. The van der Waals surface area contributed by atoms with Gasteiger partial charge in [0.25, 0.3) is 5.91 Å². The third kappa shape index (κ3) is 3.83. The van der Waals surface area contributed by atoms with E-state index >= 15 is 0 Å². The van der Waals surface area contributed by atoms with Crippen molar-refractivity contribution in [1.29, 1.82) is 0 Å². The van der Waals surface area contributed by atoms with Crippen LogP contribution in [0.1, 0.15) is 47.5 Å². The Kier molecular flexibility index (Phi) is 5.26. The second-order valence-corrected chi connectivity index (χ2v) is 5.47. The quantitative estimate of drug-likeness (QED) is 0.886. The summed E-state index contributed by atoms with van der Waals surface area (Å²) in [5.41, 5.74) is 1.17. The molecule has 1 aromatic carbocycles. The highest BCUT2D eigenvalue weighted by Crippen LogP contribution is 2.24. The average Bonchev–Trinajstić information content (AvgIpc) is 2.94. The first kappa shape index (κ1) is 16.9. The van der Waals surface area contributed by atoms with Gasteiger partial charge in [0.05, 0.1) is 14.2 Å². The highest BCUT2D eigenvalue weighted by molar-refractivity contribution is 5.93. The number of hydrogen-bond donors (Lipinski definition) is 1. The third-order valence-corrected chi connectivity index (χ3v) is 3.46. The normalized spacial score (nSPS) is 10.7. The molecule has 1 N–H and O–H groups in total. The number of aromatic nitrogens is 1. The zero-order chi connectivity index (χ0) is 17.0. The average molecular weight is 318 g/mol. The molecule has 0 aliphatic rings. The molecule has 0 saturated carbocycles. The maximum Gasteiger partial charge on any atom is 0.273 e. The van der Waals surface area contributed by atoms with Crippen LogP contribution in [0.25, 0.3) is 0 Å². The Bertz CT molecular complexity index is 692. The van der Waals surface area contributed by atoms with Gasteiger partial charge in [0.15, 0.2) is 11.6 Å². The standard InChI is InChI=1S/C17H22N2O4/c1-10(2)17-19-15(11(3)23-17)16(20)18-9-12-6-7-13(21-4)8-14(12)22-5/h6-8,10H,9H2,1-5H3,(H,18,20). The second-order valence-electron chi connectivity index (χ2n) is 5.47. The Morgan fingerprint density at radius 2 is 2.04 bits per heavy atom. The monoisotopic (exact) mass is 318 g/mol. The van der Waals surface area contributed by atoms with Gasteiger partial charge in [0.2, 0.25) is 0 Å². The molecule has 1 heterocycles. The van der Waals surface area contributed by atoms with E-state index in [9.17, 15) is 4.79 Å². The minimum absolute atomic E-state index is 0.136. The number of amides is 1. The number of hydrogen-bond acceptors (Lipinski definition) is 5. The Morgan fingerprint density at radius 3 is 2.61 bits per heavy atom. The number of nitrogens with zero attached hydrogens (tertiary/aromatic N) is 1. The van der Waals surface area contributed by atoms with Crippen LogP contribution >= 0.6 is 0 Å². The van der Waals surface area contributed by atoms with E-state index in [0.717, 1.165) is 5.56 Å². The lowest BCUT2D eigenvalue weighted by atomic mass is 10.2. The van der Waals surface area contributed by atoms with Gasteiger partial charge >= 0.3 is 0 Å². The number of methoxy groups -OCH3 is 2. The van der Waals surface area contributed by atoms with E-state index in [0.29, 0.717) is 35.4 Å². The fourth-order valence-corrected chi connectivity index (χ4v) is 2.13. The van der Waals surface area contributed by atoms with Crippen LogP contribution in [0.15, 0.2) is 22.6 Å². The van der Waals surface area contributed by atoms with Gasteiger partial charge in [-0.3, -0.25) is 4.79 Å². The molecular formula is C17H22N2O4. The van der Waals surface area contributed by atoms with Gasteiger partial charge in [-0.1, -0.05) is 13.8 Å². The predicted molar refractivity (Wildman–Crippen MR) is 86.0 cm³/mol. The summed E-state index contributed by atoms with van der Waals surface area (Å²) in [6.45, 7) is 6.00.